The molecule has 0 saturated heterocycles. The summed E-state index contributed by atoms with van der Waals surface area (Å²) in [5.41, 5.74) is -2.56. The third-order valence-corrected chi connectivity index (χ3v) is 5.61. The molecule has 4 rings (SSSR count). The van der Waals surface area contributed by atoms with E-state index in [4.69, 9.17) is 4.52 Å². The maximum absolute atomic E-state index is 14.1. The molecule has 0 unspecified atom stereocenters. The zero-order chi connectivity index (χ0) is 27.8. The largest absolute Gasteiger partial charge is 0.416 e. The lowest BCUT2D eigenvalue weighted by Crippen LogP contribution is -2.14. The third kappa shape index (κ3) is 5.68. The molecule has 0 N–H and O–H groups in total. The number of benzene rings is 1. The summed E-state index contributed by atoms with van der Waals surface area (Å²) in [5, 5.41) is 3.67. The molecule has 0 atom stereocenters. The summed E-state index contributed by atoms with van der Waals surface area (Å²) in [6.45, 7) is 4.90. The van der Waals surface area contributed by atoms with Crippen molar-refractivity contribution in [3.05, 3.63) is 95.4 Å². The van der Waals surface area contributed by atoms with Gasteiger partial charge in [0.25, 0.3) is 0 Å². The molecular formula is C26H19F7N4O. The molecule has 3 heterocycles. The number of alkyl halides is 6. The van der Waals surface area contributed by atoms with Crippen molar-refractivity contribution in [3.8, 4) is 22.8 Å². The van der Waals surface area contributed by atoms with Gasteiger partial charge in [0.15, 0.2) is 11.6 Å². The number of allylic oxidation sites excluding steroid dienone is 5. The second-order valence-electron chi connectivity index (χ2n) is 8.45. The molecule has 12 heteroatoms. The van der Waals surface area contributed by atoms with Gasteiger partial charge in [0.1, 0.15) is 17.2 Å². The maximum atomic E-state index is 14.1. The number of nitrogens with zero attached hydrogens (tertiary/aromatic N) is 4. The molecule has 2 aliphatic rings. The first-order valence-electron chi connectivity index (χ1n) is 11.0. The average molecular weight is 536 g/mol. The van der Waals surface area contributed by atoms with Gasteiger partial charge in [-0.2, -0.15) is 26.3 Å². The smallest absolute Gasteiger partial charge is 0.359 e. The van der Waals surface area contributed by atoms with E-state index < -0.39 is 34.9 Å². The van der Waals surface area contributed by atoms with E-state index in [0.717, 1.165) is 13.8 Å². The average Bonchev–Trinajstić information content (AvgIpc) is 3.45. The van der Waals surface area contributed by atoms with Gasteiger partial charge in [-0.1, -0.05) is 29.9 Å². The van der Waals surface area contributed by atoms with Crippen LogP contribution in [0.1, 0.15) is 25.3 Å². The molecule has 0 bridgehead atoms. The number of imidazole rings is 1. The van der Waals surface area contributed by atoms with Gasteiger partial charge in [-0.15, -0.1) is 0 Å². The predicted octanol–water partition coefficient (Wildman–Crippen LogP) is 7.63. The lowest BCUT2D eigenvalue weighted by molar-refractivity contribution is -0.0914. The van der Waals surface area contributed by atoms with Crippen LogP contribution in [0.2, 0.25) is 0 Å². The lowest BCUT2D eigenvalue weighted by atomic mass is 9.96. The van der Waals surface area contributed by atoms with Crippen LogP contribution in [0.15, 0.2) is 82.7 Å². The van der Waals surface area contributed by atoms with Crippen molar-refractivity contribution in [1.82, 2.24) is 19.7 Å². The van der Waals surface area contributed by atoms with Crippen molar-refractivity contribution < 1.29 is 35.3 Å². The molecule has 2 aliphatic heterocycles. The highest BCUT2D eigenvalue weighted by Gasteiger charge is 2.37. The maximum Gasteiger partial charge on any atom is 0.416 e. The summed E-state index contributed by atoms with van der Waals surface area (Å²) in [6, 6.07) is 8.85. The van der Waals surface area contributed by atoms with Gasteiger partial charge < -0.3 is 9.09 Å². The number of pyridine rings is 1. The van der Waals surface area contributed by atoms with E-state index in [-0.39, 0.29) is 35.0 Å². The first-order chi connectivity index (χ1) is 17.7. The van der Waals surface area contributed by atoms with Gasteiger partial charge in [-0.25, -0.2) is 14.4 Å². The van der Waals surface area contributed by atoms with E-state index in [1.165, 1.54) is 12.1 Å². The Morgan fingerprint density at radius 3 is 2.34 bits per heavy atom. The molecule has 0 saturated carbocycles. The van der Waals surface area contributed by atoms with Crippen LogP contribution in [0.4, 0.5) is 30.7 Å². The van der Waals surface area contributed by atoms with Crippen LogP contribution in [-0.4, -0.2) is 32.0 Å². The molecule has 5 nitrogen and oxygen atoms in total. The van der Waals surface area contributed by atoms with Crippen LogP contribution in [-0.2, 0) is 6.54 Å². The lowest BCUT2D eigenvalue weighted by Gasteiger charge is -2.15. The molecule has 198 valence electrons. The molecule has 38 heavy (non-hydrogen) atoms. The normalized spacial score (nSPS) is 13.7. The van der Waals surface area contributed by atoms with E-state index in [0.29, 0.717) is 17.5 Å². The minimum absolute atomic E-state index is 0.00702. The summed E-state index contributed by atoms with van der Waals surface area (Å²) in [7, 11) is 0. The van der Waals surface area contributed by atoms with Crippen LogP contribution in [0.25, 0.3) is 28.3 Å². The molecule has 0 aliphatic carbocycles. The van der Waals surface area contributed by atoms with Crippen molar-refractivity contribution >= 4 is 5.57 Å². The first kappa shape index (κ1) is 26.8. The monoisotopic (exact) mass is 536 g/mol. The summed E-state index contributed by atoms with van der Waals surface area (Å²) in [5.74, 6) is -0.171. The van der Waals surface area contributed by atoms with Crippen molar-refractivity contribution in [3.63, 3.8) is 0 Å². The van der Waals surface area contributed by atoms with Gasteiger partial charge >= 0.3 is 12.4 Å². The topological polar surface area (TPSA) is 56.7 Å². The molecule has 0 radical (unpaired) electrons. The minimum atomic E-state index is -4.91. The second kappa shape index (κ2) is 9.92. The molecule has 1 aromatic heterocycles. The van der Waals surface area contributed by atoms with Gasteiger partial charge in [0.2, 0.25) is 0 Å². The number of halogens is 7. The molecule has 0 spiro atoms. The molecular weight excluding hydrogens is 517 g/mol. The first-order valence-corrected chi connectivity index (χ1v) is 11.0. The SMILES string of the molecule is C=C(/C(=C(C)\C=C(/C)C(F)(F)F)c1cc(Cn2ccc3nc(-c4ccccc4F)nc-3c2)on1)C(F)(F)F. The fraction of sp³-hybridized carbons (Fsp3) is 0.192. The van der Waals surface area contributed by atoms with Crippen molar-refractivity contribution in [1.29, 1.82) is 0 Å². The highest BCUT2D eigenvalue weighted by molar-refractivity contribution is 5.81. The highest BCUT2D eigenvalue weighted by Crippen LogP contribution is 2.38. The van der Waals surface area contributed by atoms with E-state index in [9.17, 15) is 30.7 Å². The van der Waals surface area contributed by atoms with Crippen molar-refractivity contribution in [2.24, 2.45) is 0 Å². The van der Waals surface area contributed by atoms with Gasteiger partial charge in [0, 0.05) is 29.6 Å². The zero-order valence-electron chi connectivity index (χ0n) is 20.0. The summed E-state index contributed by atoms with van der Waals surface area (Å²) >= 11 is 0. The number of hydrogen-bond acceptors (Lipinski definition) is 4. The summed E-state index contributed by atoms with van der Waals surface area (Å²) < 4.78 is 100. The van der Waals surface area contributed by atoms with Gasteiger partial charge in [0.05, 0.1) is 23.4 Å². The molecule has 0 fully saturated rings. The molecule has 0 amide bonds. The van der Waals surface area contributed by atoms with Crippen LogP contribution in [0, 0.1) is 5.82 Å². The van der Waals surface area contributed by atoms with E-state index in [2.05, 4.69) is 21.7 Å². The van der Waals surface area contributed by atoms with E-state index in [1.54, 1.807) is 41.2 Å². The Bertz CT molecular complexity index is 1520. The van der Waals surface area contributed by atoms with Crippen LogP contribution >= 0.6 is 0 Å². The highest BCUT2D eigenvalue weighted by atomic mass is 19.4. The third-order valence-electron chi connectivity index (χ3n) is 5.61. The number of fused-ring (bicyclic) bond motifs is 1. The molecule has 1 aromatic carbocycles. The minimum Gasteiger partial charge on any atom is -0.359 e. The van der Waals surface area contributed by atoms with Crippen LogP contribution < -0.4 is 0 Å². The standard InChI is InChI=1S/C26H19F7N4O/c1-14(10-15(2)25(28,29)30)23(16(3)26(31,32)33)21-11-17(38-36-21)12-37-9-8-20-22(13-37)35-24(34-20)18-6-4-5-7-19(18)27/h4-11,13H,3,12H2,1-2H3/b15-10+,23-14+. The van der Waals surface area contributed by atoms with Crippen LogP contribution in [0.5, 0.6) is 0 Å². The Balaban J connectivity index is 1.66. The Kier molecular flexibility index (Phi) is 7.00. The number of aromatic nitrogens is 4. The molecule has 2 aromatic rings. The summed E-state index contributed by atoms with van der Waals surface area (Å²) in [6.07, 6.45) is -5.84. The fourth-order valence-electron chi connectivity index (χ4n) is 3.71. The Morgan fingerprint density at radius 2 is 1.68 bits per heavy atom. The number of rotatable bonds is 6. The van der Waals surface area contributed by atoms with Crippen molar-refractivity contribution in [2.45, 2.75) is 32.7 Å². The Labute approximate surface area is 212 Å². The second-order valence-corrected chi connectivity index (χ2v) is 8.45. The Morgan fingerprint density at radius 1 is 1.00 bits per heavy atom. The zero-order valence-corrected chi connectivity index (χ0v) is 20.0. The van der Waals surface area contributed by atoms with Crippen molar-refractivity contribution in [2.75, 3.05) is 0 Å². The van der Waals surface area contributed by atoms with Crippen LogP contribution in [0.3, 0.4) is 0 Å². The van der Waals surface area contributed by atoms with E-state index in [1.807, 2.05) is 0 Å². The van der Waals surface area contributed by atoms with E-state index >= 15 is 0 Å². The summed E-state index contributed by atoms with van der Waals surface area (Å²) in [4.78, 5) is 8.65. The van der Waals surface area contributed by atoms with Gasteiger partial charge in [-0.3, -0.25) is 0 Å². The number of hydrogen-bond donors (Lipinski definition) is 0. The quantitative estimate of drug-likeness (QED) is 0.188. The fourth-order valence-corrected chi connectivity index (χ4v) is 3.71. The Hall–Kier alpha value is -4.22. The predicted molar refractivity (Wildman–Crippen MR) is 125 cm³/mol. The van der Waals surface area contributed by atoms with Gasteiger partial charge in [-0.05, 0) is 37.6 Å².